The predicted octanol–water partition coefficient (Wildman–Crippen LogP) is 3.02. The van der Waals surface area contributed by atoms with Crippen molar-refractivity contribution < 1.29 is 9.53 Å². The third-order valence-corrected chi connectivity index (χ3v) is 5.01. The number of carbonyl (C=O) groups is 1. The first-order valence-electron chi connectivity index (χ1n) is 7.63. The summed E-state index contributed by atoms with van der Waals surface area (Å²) in [5.74, 6) is 0.562. The van der Waals surface area contributed by atoms with Gasteiger partial charge in [0.05, 0.1) is 5.41 Å². The second-order valence-electron chi connectivity index (χ2n) is 6.09. The lowest BCUT2D eigenvalue weighted by Crippen LogP contribution is -2.41. The third kappa shape index (κ3) is 2.71. The molecule has 2 saturated carbocycles. The molecule has 0 bridgehead atoms. The first kappa shape index (κ1) is 13.9. The van der Waals surface area contributed by atoms with Crippen molar-refractivity contribution in [3.05, 3.63) is 0 Å². The molecular weight excluding hydrogens is 226 g/mol. The van der Waals surface area contributed by atoms with Crippen molar-refractivity contribution in [2.24, 2.45) is 17.1 Å². The molecule has 2 rings (SSSR count). The summed E-state index contributed by atoms with van der Waals surface area (Å²) in [6.07, 6.45) is 10.1. The van der Waals surface area contributed by atoms with Crippen LogP contribution in [0.15, 0.2) is 0 Å². The number of ether oxygens (including phenoxy) is 1. The van der Waals surface area contributed by atoms with Crippen LogP contribution in [0.1, 0.15) is 64.7 Å². The summed E-state index contributed by atoms with van der Waals surface area (Å²) < 4.78 is 5.85. The number of esters is 1. The molecule has 0 amide bonds. The minimum absolute atomic E-state index is 0.00662. The van der Waals surface area contributed by atoms with Gasteiger partial charge in [0.25, 0.3) is 0 Å². The van der Waals surface area contributed by atoms with Crippen LogP contribution < -0.4 is 5.73 Å². The van der Waals surface area contributed by atoms with E-state index in [-0.39, 0.29) is 17.5 Å². The fraction of sp³-hybridized carbons (Fsp3) is 0.933. The van der Waals surface area contributed by atoms with Gasteiger partial charge in [-0.05, 0) is 44.4 Å². The Bertz CT molecular complexity index is 284. The number of carbonyl (C=O) groups excluding carboxylic acids is 1. The van der Waals surface area contributed by atoms with Gasteiger partial charge in [-0.25, -0.2) is 0 Å². The van der Waals surface area contributed by atoms with Crippen LogP contribution >= 0.6 is 0 Å². The Hall–Kier alpha value is -0.570. The normalized spacial score (nSPS) is 31.2. The average Bonchev–Trinajstić information content (AvgIpc) is 2.89. The number of nitrogens with two attached hydrogens (primary N) is 1. The van der Waals surface area contributed by atoms with E-state index < -0.39 is 0 Å². The summed E-state index contributed by atoms with van der Waals surface area (Å²) in [6.45, 7) is 2.65. The van der Waals surface area contributed by atoms with E-state index in [1.165, 1.54) is 19.3 Å². The van der Waals surface area contributed by atoms with E-state index in [1.807, 2.05) is 0 Å². The van der Waals surface area contributed by atoms with Crippen LogP contribution in [0.4, 0.5) is 0 Å². The van der Waals surface area contributed by atoms with E-state index in [4.69, 9.17) is 10.5 Å². The monoisotopic (exact) mass is 253 g/mol. The maximum Gasteiger partial charge on any atom is 0.313 e. The standard InChI is InChI=1S/C15H27NO2/c1-2-12-7-3-4-8-13(12)18-14(17)15(11-16)9-5-6-10-15/h12-13H,2-11,16H2,1H3. The summed E-state index contributed by atoms with van der Waals surface area (Å²) in [4.78, 5) is 12.4. The predicted molar refractivity (Wildman–Crippen MR) is 72.1 cm³/mol. The van der Waals surface area contributed by atoms with Gasteiger partial charge in [-0.3, -0.25) is 4.79 Å². The fourth-order valence-electron chi connectivity index (χ4n) is 3.60. The zero-order chi connectivity index (χ0) is 13.0. The van der Waals surface area contributed by atoms with Gasteiger partial charge in [0.15, 0.2) is 0 Å². The minimum atomic E-state index is -0.351. The fourth-order valence-corrected chi connectivity index (χ4v) is 3.60. The van der Waals surface area contributed by atoms with Gasteiger partial charge in [-0.15, -0.1) is 0 Å². The molecule has 2 aliphatic rings. The van der Waals surface area contributed by atoms with Crippen molar-refractivity contribution in [2.75, 3.05) is 6.54 Å². The lowest BCUT2D eigenvalue weighted by molar-refractivity contribution is -0.165. The van der Waals surface area contributed by atoms with Crippen molar-refractivity contribution in [3.63, 3.8) is 0 Å². The molecule has 0 spiro atoms. The zero-order valence-corrected chi connectivity index (χ0v) is 11.6. The summed E-state index contributed by atoms with van der Waals surface area (Å²) >= 11 is 0. The minimum Gasteiger partial charge on any atom is -0.462 e. The molecule has 0 saturated heterocycles. The van der Waals surface area contributed by atoms with Gasteiger partial charge in [-0.2, -0.15) is 0 Å². The van der Waals surface area contributed by atoms with E-state index in [2.05, 4.69) is 6.92 Å². The lowest BCUT2D eigenvalue weighted by atomic mass is 9.83. The van der Waals surface area contributed by atoms with E-state index in [9.17, 15) is 4.79 Å². The molecule has 0 aliphatic heterocycles. The van der Waals surface area contributed by atoms with E-state index in [0.717, 1.165) is 38.5 Å². The average molecular weight is 253 g/mol. The van der Waals surface area contributed by atoms with Gasteiger partial charge in [-0.1, -0.05) is 26.2 Å². The summed E-state index contributed by atoms with van der Waals surface area (Å²) in [7, 11) is 0. The van der Waals surface area contributed by atoms with E-state index in [1.54, 1.807) is 0 Å². The highest BCUT2D eigenvalue weighted by Crippen LogP contribution is 2.40. The second kappa shape index (κ2) is 6.05. The van der Waals surface area contributed by atoms with Crippen LogP contribution in [-0.4, -0.2) is 18.6 Å². The van der Waals surface area contributed by atoms with Gasteiger partial charge in [0, 0.05) is 6.54 Å². The summed E-state index contributed by atoms with van der Waals surface area (Å²) in [5.41, 5.74) is 5.49. The molecule has 0 aromatic carbocycles. The smallest absolute Gasteiger partial charge is 0.313 e. The molecule has 18 heavy (non-hydrogen) atoms. The largest absolute Gasteiger partial charge is 0.462 e. The maximum absolute atomic E-state index is 12.4. The molecule has 2 unspecified atom stereocenters. The van der Waals surface area contributed by atoms with Crippen LogP contribution in [0.3, 0.4) is 0 Å². The molecular formula is C15H27NO2. The highest BCUT2D eigenvalue weighted by atomic mass is 16.5. The van der Waals surface area contributed by atoms with Crippen LogP contribution in [0.2, 0.25) is 0 Å². The first-order valence-corrected chi connectivity index (χ1v) is 7.63. The van der Waals surface area contributed by atoms with Crippen molar-refractivity contribution in [1.29, 1.82) is 0 Å². The van der Waals surface area contributed by atoms with Gasteiger partial charge < -0.3 is 10.5 Å². The van der Waals surface area contributed by atoms with Crippen molar-refractivity contribution in [3.8, 4) is 0 Å². The zero-order valence-electron chi connectivity index (χ0n) is 11.6. The molecule has 3 heteroatoms. The Kier molecular flexibility index (Phi) is 4.66. The van der Waals surface area contributed by atoms with Crippen molar-refractivity contribution in [1.82, 2.24) is 0 Å². The number of rotatable bonds is 4. The topological polar surface area (TPSA) is 52.3 Å². The van der Waals surface area contributed by atoms with Gasteiger partial charge >= 0.3 is 5.97 Å². The van der Waals surface area contributed by atoms with Crippen molar-refractivity contribution >= 4 is 5.97 Å². The molecule has 0 aromatic heterocycles. The Balaban J connectivity index is 1.96. The Morgan fingerprint density at radius 3 is 2.50 bits per heavy atom. The van der Waals surface area contributed by atoms with Crippen LogP contribution in [0.5, 0.6) is 0 Å². The van der Waals surface area contributed by atoms with Crippen molar-refractivity contribution in [2.45, 2.75) is 70.8 Å². The summed E-state index contributed by atoms with van der Waals surface area (Å²) in [5, 5.41) is 0. The van der Waals surface area contributed by atoms with Crippen LogP contribution in [-0.2, 0) is 9.53 Å². The SMILES string of the molecule is CCC1CCCCC1OC(=O)C1(CN)CCCC1. The Labute approximate surface area is 110 Å². The molecule has 2 atom stereocenters. The molecule has 104 valence electrons. The second-order valence-corrected chi connectivity index (χ2v) is 6.09. The highest BCUT2D eigenvalue weighted by molar-refractivity contribution is 5.77. The molecule has 0 aromatic rings. The third-order valence-electron chi connectivity index (χ3n) is 5.01. The lowest BCUT2D eigenvalue weighted by Gasteiger charge is -2.34. The Morgan fingerprint density at radius 1 is 1.22 bits per heavy atom. The quantitative estimate of drug-likeness (QED) is 0.784. The molecule has 2 fully saturated rings. The first-order chi connectivity index (χ1) is 8.72. The van der Waals surface area contributed by atoms with Gasteiger partial charge in [0.1, 0.15) is 6.10 Å². The molecule has 0 heterocycles. The Morgan fingerprint density at radius 2 is 1.89 bits per heavy atom. The van der Waals surface area contributed by atoms with Gasteiger partial charge in [0.2, 0.25) is 0 Å². The highest BCUT2D eigenvalue weighted by Gasteiger charge is 2.43. The van der Waals surface area contributed by atoms with Crippen LogP contribution in [0.25, 0.3) is 0 Å². The maximum atomic E-state index is 12.4. The molecule has 3 nitrogen and oxygen atoms in total. The van der Waals surface area contributed by atoms with Crippen LogP contribution in [0, 0.1) is 11.3 Å². The molecule has 0 radical (unpaired) electrons. The van der Waals surface area contributed by atoms with E-state index >= 15 is 0 Å². The molecule has 2 aliphatic carbocycles. The molecule has 2 N–H and O–H groups in total. The number of hydrogen-bond donors (Lipinski definition) is 1. The van der Waals surface area contributed by atoms with E-state index in [0.29, 0.717) is 12.5 Å². The number of hydrogen-bond acceptors (Lipinski definition) is 3. The summed E-state index contributed by atoms with van der Waals surface area (Å²) in [6, 6.07) is 0.